The van der Waals surface area contributed by atoms with E-state index in [9.17, 15) is 14.4 Å². The van der Waals surface area contributed by atoms with Gasteiger partial charge in [0.2, 0.25) is 11.8 Å². The second kappa shape index (κ2) is 4.97. The summed E-state index contributed by atoms with van der Waals surface area (Å²) in [5.41, 5.74) is 12.2. The number of hydrogen-bond donors (Lipinski definition) is 4. The lowest BCUT2D eigenvalue weighted by Crippen LogP contribution is -2.52. The van der Waals surface area contributed by atoms with Crippen LogP contribution in [-0.2, 0) is 9.59 Å². The standard InChI is InChI=1S/C12H14N4O3/c13-7-3-6(4-8(14)5-7)11(18)15-9-1-2-10(17)16-12(9)19/h3-5,9H,1-2,13-14H2,(H,15,18)(H,16,17,19). The molecule has 1 aromatic carbocycles. The molecule has 7 nitrogen and oxygen atoms in total. The van der Waals surface area contributed by atoms with Crippen molar-refractivity contribution in [3.8, 4) is 0 Å². The molecule has 3 amide bonds. The average Bonchev–Trinajstić information content (AvgIpc) is 2.31. The van der Waals surface area contributed by atoms with Gasteiger partial charge in [-0.05, 0) is 24.6 Å². The molecule has 1 atom stereocenters. The molecule has 0 spiro atoms. The number of rotatable bonds is 2. The van der Waals surface area contributed by atoms with Gasteiger partial charge < -0.3 is 16.8 Å². The number of piperidine rings is 1. The summed E-state index contributed by atoms with van der Waals surface area (Å²) in [7, 11) is 0. The fourth-order valence-electron chi connectivity index (χ4n) is 1.88. The van der Waals surface area contributed by atoms with Crippen LogP contribution in [0.2, 0.25) is 0 Å². The molecule has 1 heterocycles. The van der Waals surface area contributed by atoms with E-state index in [1.165, 1.54) is 18.2 Å². The molecular weight excluding hydrogens is 248 g/mol. The van der Waals surface area contributed by atoms with E-state index in [2.05, 4.69) is 10.6 Å². The highest BCUT2D eigenvalue weighted by Gasteiger charge is 2.28. The van der Waals surface area contributed by atoms with E-state index < -0.39 is 17.9 Å². The van der Waals surface area contributed by atoms with Gasteiger partial charge in [-0.2, -0.15) is 0 Å². The first kappa shape index (κ1) is 12.9. The molecule has 2 rings (SSSR count). The van der Waals surface area contributed by atoms with Crippen LogP contribution in [0.5, 0.6) is 0 Å². The number of carbonyl (C=O) groups excluding carboxylic acids is 3. The van der Waals surface area contributed by atoms with Crippen LogP contribution in [0.15, 0.2) is 18.2 Å². The van der Waals surface area contributed by atoms with Crippen molar-refractivity contribution in [3.05, 3.63) is 23.8 Å². The fourth-order valence-corrected chi connectivity index (χ4v) is 1.88. The molecule has 1 aliphatic heterocycles. The van der Waals surface area contributed by atoms with Gasteiger partial charge in [0.05, 0.1) is 0 Å². The van der Waals surface area contributed by atoms with E-state index in [1.54, 1.807) is 0 Å². The molecule has 0 aromatic heterocycles. The number of anilines is 2. The van der Waals surface area contributed by atoms with E-state index in [1.807, 2.05) is 0 Å². The van der Waals surface area contributed by atoms with Crippen LogP contribution < -0.4 is 22.1 Å². The van der Waals surface area contributed by atoms with Crippen LogP contribution in [0, 0.1) is 0 Å². The number of imide groups is 1. The highest BCUT2D eigenvalue weighted by molar-refractivity contribution is 6.04. The molecule has 0 bridgehead atoms. The molecule has 6 N–H and O–H groups in total. The van der Waals surface area contributed by atoms with Crippen LogP contribution in [0.3, 0.4) is 0 Å². The molecule has 1 aliphatic rings. The predicted octanol–water partition coefficient (Wildman–Crippen LogP) is -0.614. The van der Waals surface area contributed by atoms with E-state index in [4.69, 9.17) is 11.5 Å². The average molecular weight is 262 g/mol. The SMILES string of the molecule is Nc1cc(N)cc(C(=O)NC2CCC(=O)NC2=O)c1. The van der Waals surface area contributed by atoms with Crippen molar-refractivity contribution in [2.45, 2.75) is 18.9 Å². The summed E-state index contributed by atoms with van der Waals surface area (Å²) in [6, 6.07) is 3.76. The molecule has 0 aliphatic carbocycles. The maximum absolute atomic E-state index is 12.0. The van der Waals surface area contributed by atoms with Gasteiger partial charge >= 0.3 is 0 Å². The summed E-state index contributed by atoms with van der Waals surface area (Å²) in [5.74, 6) is -1.28. The van der Waals surface area contributed by atoms with E-state index in [0.29, 0.717) is 11.4 Å². The van der Waals surface area contributed by atoms with Crippen molar-refractivity contribution in [1.82, 2.24) is 10.6 Å². The Morgan fingerprint density at radius 2 is 1.84 bits per heavy atom. The smallest absolute Gasteiger partial charge is 0.252 e. The second-order valence-electron chi connectivity index (χ2n) is 4.37. The Kier molecular flexibility index (Phi) is 3.37. The first-order valence-corrected chi connectivity index (χ1v) is 5.76. The summed E-state index contributed by atoms with van der Waals surface area (Å²) < 4.78 is 0. The first-order chi connectivity index (χ1) is 8.95. The summed E-state index contributed by atoms with van der Waals surface area (Å²) >= 11 is 0. The van der Waals surface area contributed by atoms with Crippen LogP contribution >= 0.6 is 0 Å². The minimum atomic E-state index is -0.715. The van der Waals surface area contributed by atoms with E-state index in [-0.39, 0.29) is 24.3 Å². The van der Waals surface area contributed by atoms with Gasteiger partial charge in [0.15, 0.2) is 0 Å². The summed E-state index contributed by atoms with van der Waals surface area (Å²) in [5, 5.41) is 4.71. The second-order valence-corrected chi connectivity index (χ2v) is 4.37. The zero-order valence-electron chi connectivity index (χ0n) is 10.1. The Balaban J connectivity index is 2.08. The first-order valence-electron chi connectivity index (χ1n) is 5.76. The van der Waals surface area contributed by atoms with Crippen molar-refractivity contribution in [1.29, 1.82) is 0 Å². The monoisotopic (exact) mass is 262 g/mol. The molecule has 1 unspecified atom stereocenters. The normalized spacial score (nSPS) is 18.8. The zero-order valence-corrected chi connectivity index (χ0v) is 10.1. The molecule has 0 saturated carbocycles. The Labute approximate surface area is 109 Å². The van der Waals surface area contributed by atoms with Crippen molar-refractivity contribution in [2.24, 2.45) is 0 Å². The number of hydrogen-bond acceptors (Lipinski definition) is 5. The lowest BCUT2D eigenvalue weighted by Gasteiger charge is -2.21. The third kappa shape index (κ3) is 3.01. The van der Waals surface area contributed by atoms with Crippen LogP contribution in [0.1, 0.15) is 23.2 Å². The molecule has 7 heteroatoms. The van der Waals surface area contributed by atoms with Gasteiger partial charge in [-0.25, -0.2) is 0 Å². The van der Waals surface area contributed by atoms with Crippen molar-refractivity contribution >= 4 is 29.1 Å². The highest BCUT2D eigenvalue weighted by Crippen LogP contribution is 2.14. The lowest BCUT2D eigenvalue weighted by atomic mass is 10.1. The topological polar surface area (TPSA) is 127 Å². The maximum atomic E-state index is 12.0. The van der Waals surface area contributed by atoms with Gasteiger partial charge in [-0.15, -0.1) is 0 Å². The van der Waals surface area contributed by atoms with Crippen molar-refractivity contribution < 1.29 is 14.4 Å². The maximum Gasteiger partial charge on any atom is 0.252 e. The Hall–Kier alpha value is -2.57. The molecule has 0 radical (unpaired) electrons. The van der Waals surface area contributed by atoms with E-state index >= 15 is 0 Å². The summed E-state index contributed by atoms with van der Waals surface area (Å²) in [6.45, 7) is 0. The third-order valence-electron chi connectivity index (χ3n) is 2.78. The third-order valence-corrected chi connectivity index (χ3v) is 2.78. The van der Waals surface area contributed by atoms with Crippen LogP contribution in [0.4, 0.5) is 11.4 Å². The number of amides is 3. The van der Waals surface area contributed by atoms with E-state index in [0.717, 1.165) is 0 Å². The largest absolute Gasteiger partial charge is 0.399 e. The molecular formula is C12H14N4O3. The van der Waals surface area contributed by atoms with Gasteiger partial charge in [0, 0.05) is 23.4 Å². The van der Waals surface area contributed by atoms with Crippen LogP contribution in [0.25, 0.3) is 0 Å². The lowest BCUT2D eigenvalue weighted by molar-refractivity contribution is -0.134. The van der Waals surface area contributed by atoms with Gasteiger partial charge in [0.25, 0.3) is 5.91 Å². The quantitative estimate of drug-likeness (QED) is 0.417. The number of nitrogens with two attached hydrogens (primary N) is 2. The molecule has 1 saturated heterocycles. The Morgan fingerprint density at radius 3 is 2.42 bits per heavy atom. The molecule has 19 heavy (non-hydrogen) atoms. The highest BCUT2D eigenvalue weighted by atomic mass is 16.2. The van der Waals surface area contributed by atoms with Crippen molar-refractivity contribution in [3.63, 3.8) is 0 Å². The zero-order chi connectivity index (χ0) is 14.0. The minimum absolute atomic E-state index is 0.204. The predicted molar refractivity (Wildman–Crippen MR) is 68.9 cm³/mol. The van der Waals surface area contributed by atoms with Crippen molar-refractivity contribution in [2.75, 3.05) is 11.5 Å². The number of nitrogen functional groups attached to an aromatic ring is 2. The summed E-state index contributed by atoms with van der Waals surface area (Å²) in [6.07, 6.45) is 0.490. The minimum Gasteiger partial charge on any atom is -0.399 e. The van der Waals surface area contributed by atoms with Gasteiger partial charge in [-0.1, -0.05) is 0 Å². The molecule has 1 aromatic rings. The van der Waals surface area contributed by atoms with Gasteiger partial charge in [0.1, 0.15) is 6.04 Å². The molecule has 1 fully saturated rings. The van der Waals surface area contributed by atoms with Crippen LogP contribution in [-0.4, -0.2) is 23.8 Å². The molecule has 100 valence electrons. The Morgan fingerprint density at radius 1 is 1.21 bits per heavy atom. The fraction of sp³-hybridized carbons (Fsp3) is 0.250. The Bertz CT molecular complexity index is 536. The number of benzene rings is 1. The number of carbonyl (C=O) groups is 3. The summed E-state index contributed by atoms with van der Waals surface area (Å²) in [4.78, 5) is 34.5. The van der Waals surface area contributed by atoms with Gasteiger partial charge in [-0.3, -0.25) is 19.7 Å². The number of nitrogens with one attached hydrogen (secondary N) is 2.